The largest absolute Gasteiger partial charge is 0.497 e. The molecule has 3 aromatic carbocycles. The summed E-state index contributed by atoms with van der Waals surface area (Å²) >= 11 is 0. The molecule has 0 aliphatic carbocycles. The van der Waals surface area contributed by atoms with E-state index >= 15 is 0 Å². The minimum atomic E-state index is -0.579. The average molecular weight is 377 g/mol. The molecule has 0 aliphatic rings. The van der Waals surface area contributed by atoms with Crippen molar-refractivity contribution in [1.29, 1.82) is 0 Å². The number of Topliss-reactive ketones (excluding diaryl/α,β-unsaturated/α-hetero) is 1. The summed E-state index contributed by atoms with van der Waals surface area (Å²) in [4.78, 5) is 24.5. The predicted octanol–water partition coefficient (Wildman–Crippen LogP) is 4.52. The van der Waals surface area contributed by atoms with Crippen LogP contribution in [0.1, 0.15) is 24.4 Å². The van der Waals surface area contributed by atoms with Gasteiger partial charge in [-0.1, -0.05) is 42.5 Å². The van der Waals surface area contributed by atoms with Gasteiger partial charge in [0.25, 0.3) is 0 Å². The van der Waals surface area contributed by atoms with Crippen LogP contribution in [0.5, 0.6) is 5.75 Å². The van der Waals surface area contributed by atoms with Crippen LogP contribution >= 0.6 is 0 Å². The lowest BCUT2D eigenvalue weighted by Crippen LogP contribution is -2.22. The monoisotopic (exact) mass is 377 g/mol. The minimum Gasteiger partial charge on any atom is -0.497 e. The van der Waals surface area contributed by atoms with Crippen molar-refractivity contribution in [3.05, 3.63) is 72.3 Å². The van der Waals surface area contributed by atoms with E-state index in [0.717, 1.165) is 27.8 Å². The fraction of sp³-hybridized carbons (Fsp3) is 0.217. The van der Waals surface area contributed by atoms with Crippen LogP contribution in [0.2, 0.25) is 0 Å². The van der Waals surface area contributed by atoms with Gasteiger partial charge in [0.1, 0.15) is 11.8 Å². The summed E-state index contributed by atoms with van der Waals surface area (Å²) < 4.78 is 9.87. The lowest BCUT2D eigenvalue weighted by atomic mass is 9.94. The Labute approximate surface area is 164 Å². The van der Waals surface area contributed by atoms with Crippen molar-refractivity contribution in [3.8, 4) is 5.75 Å². The highest BCUT2D eigenvalue weighted by atomic mass is 16.5. The molecule has 0 aliphatic heterocycles. The molecule has 28 heavy (non-hydrogen) atoms. The third-order valence-corrected chi connectivity index (χ3v) is 4.66. The maximum absolute atomic E-state index is 13.0. The molecule has 0 spiro atoms. The Morgan fingerprint density at radius 3 is 2.32 bits per heavy atom. The first kappa shape index (κ1) is 19.4. The third kappa shape index (κ3) is 4.49. The van der Waals surface area contributed by atoms with E-state index in [1.807, 2.05) is 66.7 Å². The van der Waals surface area contributed by atoms with Gasteiger partial charge in [0, 0.05) is 12.1 Å². The van der Waals surface area contributed by atoms with Crippen LogP contribution in [0.3, 0.4) is 0 Å². The average Bonchev–Trinajstić information content (AvgIpc) is 2.75. The Morgan fingerprint density at radius 2 is 1.61 bits per heavy atom. The first-order valence-corrected chi connectivity index (χ1v) is 9.10. The van der Waals surface area contributed by atoms with Crippen LogP contribution in [0.4, 0.5) is 5.69 Å². The molecular weight excluding hydrogens is 354 g/mol. The number of hydrogen-bond acceptors (Lipinski definition) is 5. The molecule has 1 N–H and O–H groups in total. The lowest BCUT2D eigenvalue weighted by Gasteiger charge is -2.21. The molecule has 1 unspecified atom stereocenters. The molecular formula is C23H23NO4. The third-order valence-electron chi connectivity index (χ3n) is 4.66. The zero-order chi connectivity index (χ0) is 19.9. The summed E-state index contributed by atoms with van der Waals surface area (Å²) in [6.07, 6.45) is 0.157. The number of ketones is 1. The molecule has 0 radical (unpaired) electrons. The molecule has 0 bridgehead atoms. The number of carbonyl (C=O) groups excluding carboxylic acids is 2. The van der Waals surface area contributed by atoms with Gasteiger partial charge in [0.05, 0.1) is 20.6 Å². The summed E-state index contributed by atoms with van der Waals surface area (Å²) in [5.41, 5.74) is 1.67. The molecule has 5 heteroatoms. The number of nitrogens with one attached hydrogen (secondary N) is 1. The first-order valence-electron chi connectivity index (χ1n) is 9.10. The summed E-state index contributed by atoms with van der Waals surface area (Å²) in [6, 6.07) is 20.7. The van der Waals surface area contributed by atoms with Crippen molar-refractivity contribution in [3.63, 3.8) is 0 Å². The van der Waals surface area contributed by atoms with Crippen molar-refractivity contribution >= 4 is 28.2 Å². The second kappa shape index (κ2) is 9.04. The number of fused-ring (bicyclic) bond motifs is 1. The molecule has 1 atom stereocenters. The highest BCUT2D eigenvalue weighted by Gasteiger charge is 2.23. The van der Waals surface area contributed by atoms with Crippen LogP contribution in [-0.2, 0) is 14.3 Å². The minimum absolute atomic E-state index is 0.0564. The number of ether oxygens (including phenoxy) is 2. The van der Waals surface area contributed by atoms with Gasteiger partial charge >= 0.3 is 5.97 Å². The van der Waals surface area contributed by atoms with Crippen LogP contribution in [0, 0.1) is 0 Å². The highest BCUT2D eigenvalue weighted by Crippen LogP contribution is 2.29. The normalized spacial score (nSPS) is 11.6. The number of benzene rings is 3. The molecule has 0 saturated heterocycles. The SMILES string of the molecule is COC(=O)CCC(=O)C(Nc1ccc(OC)cc1)c1cccc2ccccc12. The number of esters is 1. The van der Waals surface area contributed by atoms with E-state index in [1.54, 1.807) is 7.11 Å². The van der Waals surface area contributed by atoms with E-state index in [4.69, 9.17) is 4.74 Å². The molecule has 3 rings (SSSR count). The van der Waals surface area contributed by atoms with Crippen LogP contribution in [-0.4, -0.2) is 26.0 Å². The van der Waals surface area contributed by atoms with Gasteiger partial charge in [-0.3, -0.25) is 9.59 Å². The molecule has 0 amide bonds. The molecule has 144 valence electrons. The Hall–Kier alpha value is -3.34. The molecule has 0 fully saturated rings. The van der Waals surface area contributed by atoms with Crippen molar-refractivity contribution < 1.29 is 19.1 Å². The predicted molar refractivity (Wildman–Crippen MR) is 110 cm³/mol. The number of hydrogen-bond donors (Lipinski definition) is 1. The molecule has 5 nitrogen and oxygen atoms in total. The first-order chi connectivity index (χ1) is 13.6. The zero-order valence-electron chi connectivity index (χ0n) is 16.0. The van der Waals surface area contributed by atoms with E-state index in [9.17, 15) is 9.59 Å². The number of rotatable bonds is 8. The Kier molecular flexibility index (Phi) is 6.27. The number of carbonyl (C=O) groups is 2. The highest BCUT2D eigenvalue weighted by molar-refractivity contribution is 5.96. The van der Waals surface area contributed by atoms with Crippen LogP contribution in [0.25, 0.3) is 10.8 Å². The summed E-state index contributed by atoms with van der Waals surface area (Å²) in [7, 11) is 2.93. The van der Waals surface area contributed by atoms with Gasteiger partial charge in [-0.25, -0.2) is 0 Å². The van der Waals surface area contributed by atoms with Crippen LogP contribution in [0.15, 0.2) is 66.7 Å². The molecule has 3 aromatic rings. The van der Waals surface area contributed by atoms with Gasteiger partial charge < -0.3 is 14.8 Å². The van der Waals surface area contributed by atoms with Crippen molar-refractivity contribution in [2.45, 2.75) is 18.9 Å². The van der Waals surface area contributed by atoms with Gasteiger partial charge in [0.15, 0.2) is 5.78 Å². The van der Waals surface area contributed by atoms with Crippen molar-refractivity contribution in [2.24, 2.45) is 0 Å². The van der Waals surface area contributed by atoms with Gasteiger partial charge in [-0.15, -0.1) is 0 Å². The van der Waals surface area contributed by atoms with Crippen molar-refractivity contribution in [1.82, 2.24) is 0 Å². The zero-order valence-corrected chi connectivity index (χ0v) is 16.0. The summed E-state index contributed by atoms with van der Waals surface area (Å²) in [6.45, 7) is 0. The van der Waals surface area contributed by atoms with Crippen LogP contribution < -0.4 is 10.1 Å². The second-order valence-corrected chi connectivity index (χ2v) is 6.42. The number of anilines is 1. The molecule has 0 saturated carbocycles. The standard InChI is InChI=1S/C23H23NO4/c1-27-18-12-10-17(11-13-18)24-23(21(25)14-15-22(26)28-2)20-9-5-7-16-6-3-4-8-19(16)20/h3-13,23-24H,14-15H2,1-2H3. The van der Waals surface area contributed by atoms with E-state index in [-0.39, 0.29) is 18.6 Å². The van der Waals surface area contributed by atoms with Gasteiger partial charge in [-0.05, 0) is 40.6 Å². The topological polar surface area (TPSA) is 64.6 Å². The maximum Gasteiger partial charge on any atom is 0.305 e. The quantitative estimate of drug-likeness (QED) is 0.585. The summed E-state index contributed by atoms with van der Waals surface area (Å²) in [5.74, 6) is 0.274. The molecule has 0 heterocycles. The fourth-order valence-electron chi connectivity index (χ4n) is 3.16. The van der Waals surface area contributed by atoms with Gasteiger partial charge in [0.2, 0.25) is 0 Å². The molecule has 0 aromatic heterocycles. The number of methoxy groups -OCH3 is 2. The van der Waals surface area contributed by atoms with E-state index in [0.29, 0.717) is 0 Å². The van der Waals surface area contributed by atoms with E-state index in [1.165, 1.54) is 7.11 Å². The Bertz CT molecular complexity index is 961. The fourth-order valence-corrected chi connectivity index (χ4v) is 3.16. The smallest absolute Gasteiger partial charge is 0.305 e. The maximum atomic E-state index is 13.0. The summed E-state index contributed by atoms with van der Waals surface area (Å²) in [5, 5.41) is 5.38. The Morgan fingerprint density at radius 1 is 0.893 bits per heavy atom. The lowest BCUT2D eigenvalue weighted by molar-refractivity contribution is -0.142. The van der Waals surface area contributed by atoms with E-state index < -0.39 is 12.0 Å². The second-order valence-electron chi connectivity index (χ2n) is 6.42. The van der Waals surface area contributed by atoms with Crippen molar-refractivity contribution in [2.75, 3.05) is 19.5 Å². The Balaban J connectivity index is 1.95. The van der Waals surface area contributed by atoms with Gasteiger partial charge in [-0.2, -0.15) is 0 Å². The van der Waals surface area contributed by atoms with E-state index in [2.05, 4.69) is 10.1 Å².